The lowest BCUT2D eigenvalue weighted by atomic mass is 10.3. The zero-order valence-corrected chi connectivity index (χ0v) is 8.75. The van der Waals surface area contributed by atoms with E-state index in [-0.39, 0.29) is 0 Å². The lowest BCUT2D eigenvalue weighted by Crippen LogP contribution is -1.62. The Bertz CT molecular complexity index is 512. The molecular weight excluding hydrogens is 208 g/mol. The van der Waals surface area contributed by atoms with Crippen LogP contribution in [0, 0.1) is 4.84 Å². The summed E-state index contributed by atoms with van der Waals surface area (Å²) >= 11 is 4.79. The Morgan fingerprint density at radius 3 is 2.33 bits per heavy atom. The highest BCUT2D eigenvalue weighted by Crippen LogP contribution is 2.10. The zero-order chi connectivity index (χ0) is 10.5. The van der Waals surface area contributed by atoms with Gasteiger partial charge in [0.25, 0.3) is 4.84 Å². The number of aromatic amines is 2. The Kier molecular flexibility index (Phi) is 2.99. The van der Waals surface area contributed by atoms with Crippen molar-refractivity contribution in [1.82, 2.24) is 9.97 Å². The number of hydrogen-bond donors (Lipinski definition) is 2. The number of fused-ring (bicyclic) bond motifs is 1. The molecule has 0 spiro atoms. The molecule has 0 aliphatic carbocycles. The third-order valence-corrected chi connectivity index (χ3v) is 2.01. The van der Waals surface area contributed by atoms with E-state index in [0.717, 1.165) is 11.1 Å². The quantitative estimate of drug-likeness (QED) is 0.567. The molecule has 2 N–H and O–H groups in total. The van der Waals surface area contributed by atoms with Crippen molar-refractivity contribution in [3.63, 3.8) is 0 Å². The van der Waals surface area contributed by atoms with E-state index < -0.39 is 0 Å². The number of para-hydroxylation sites is 2. The average Bonchev–Trinajstić information content (AvgIpc) is 2.87. The van der Waals surface area contributed by atoms with E-state index in [9.17, 15) is 0 Å². The third kappa shape index (κ3) is 2.57. The van der Waals surface area contributed by atoms with Gasteiger partial charge in [-0.3, -0.25) is 0 Å². The smallest absolute Gasteiger partial charge is 0.266 e. The van der Waals surface area contributed by atoms with Gasteiger partial charge < -0.3 is 14.4 Å². The molecule has 4 heteroatoms. The minimum Gasteiger partial charge on any atom is -0.429 e. The van der Waals surface area contributed by atoms with Gasteiger partial charge in [-0.25, -0.2) is 0 Å². The molecule has 0 aliphatic heterocycles. The van der Waals surface area contributed by atoms with E-state index >= 15 is 0 Å². The predicted molar refractivity (Wildman–Crippen MR) is 62.2 cm³/mol. The van der Waals surface area contributed by atoms with Crippen LogP contribution < -0.4 is 0 Å². The van der Waals surface area contributed by atoms with Gasteiger partial charge in [-0.2, -0.15) is 0 Å². The van der Waals surface area contributed by atoms with Crippen molar-refractivity contribution in [2.75, 3.05) is 0 Å². The maximum Gasteiger partial charge on any atom is 0.266 e. The number of oxazole rings is 1. The van der Waals surface area contributed by atoms with Crippen LogP contribution in [0.4, 0.5) is 0 Å². The van der Waals surface area contributed by atoms with Crippen molar-refractivity contribution in [1.29, 1.82) is 0 Å². The molecule has 0 saturated carbocycles. The summed E-state index contributed by atoms with van der Waals surface area (Å²) in [5, 5.41) is 0. The fourth-order valence-corrected chi connectivity index (χ4v) is 1.37. The predicted octanol–water partition coefficient (Wildman–Crippen LogP) is 3.51. The summed E-state index contributed by atoms with van der Waals surface area (Å²) in [7, 11) is 0. The van der Waals surface area contributed by atoms with Crippen LogP contribution in [0.2, 0.25) is 0 Å². The molecule has 3 rings (SSSR count). The Labute approximate surface area is 91.8 Å². The second-order valence-electron chi connectivity index (χ2n) is 2.90. The fourth-order valence-electron chi connectivity index (χ4n) is 1.17. The molecule has 3 aromatic rings. The van der Waals surface area contributed by atoms with Crippen LogP contribution in [-0.4, -0.2) is 9.97 Å². The summed E-state index contributed by atoms with van der Waals surface area (Å²) < 4.78 is 5.13. The lowest BCUT2D eigenvalue weighted by molar-refractivity contribution is 0.583. The Morgan fingerprint density at radius 2 is 1.73 bits per heavy atom. The summed E-state index contributed by atoms with van der Waals surface area (Å²) in [6.45, 7) is 0. The molecule has 0 unspecified atom stereocenters. The third-order valence-electron chi connectivity index (χ3n) is 1.82. The van der Waals surface area contributed by atoms with E-state index in [1.807, 2.05) is 48.8 Å². The maximum absolute atomic E-state index is 5.13. The Balaban J connectivity index is 0.000000144. The molecule has 0 atom stereocenters. The number of benzene rings is 1. The highest BCUT2D eigenvalue weighted by atomic mass is 32.1. The molecule has 2 aromatic heterocycles. The molecule has 15 heavy (non-hydrogen) atoms. The Morgan fingerprint density at radius 1 is 1.00 bits per heavy atom. The normalized spacial score (nSPS) is 9.60. The van der Waals surface area contributed by atoms with Crippen LogP contribution in [0.15, 0.2) is 53.2 Å². The van der Waals surface area contributed by atoms with E-state index in [4.69, 9.17) is 16.6 Å². The monoisotopic (exact) mass is 218 g/mol. The van der Waals surface area contributed by atoms with Crippen molar-refractivity contribution < 1.29 is 4.42 Å². The lowest BCUT2D eigenvalue weighted by Gasteiger charge is -1.80. The number of hydrogen-bond acceptors (Lipinski definition) is 2. The molecule has 0 aliphatic rings. The molecule has 0 radical (unpaired) electrons. The Hall–Kier alpha value is -1.81. The summed E-state index contributed by atoms with van der Waals surface area (Å²) in [4.78, 5) is 6.20. The van der Waals surface area contributed by atoms with E-state index in [2.05, 4.69) is 9.97 Å². The number of H-pyrrole nitrogens is 2. The zero-order valence-electron chi connectivity index (χ0n) is 7.94. The van der Waals surface area contributed by atoms with Crippen LogP contribution >= 0.6 is 12.2 Å². The summed E-state index contributed by atoms with van der Waals surface area (Å²) in [6, 6.07) is 11.5. The first-order valence-electron chi connectivity index (χ1n) is 4.52. The average molecular weight is 218 g/mol. The molecule has 76 valence electrons. The van der Waals surface area contributed by atoms with Gasteiger partial charge in [-0.1, -0.05) is 12.1 Å². The fraction of sp³-hybridized carbons (Fsp3) is 0. The minimum absolute atomic E-state index is 0.432. The number of rotatable bonds is 0. The largest absolute Gasteiger partial charge is 0.429 e. The first kappa shape index (κ1) is 9.73. The van der Waals surface area contributed by atoms with Crippen molar-refractivity contribution in [3.8, 4) is 0 Å². The molecule has 0 saturated heterocycles. The SMILES string of the molecule is S=c1[nH]c2ccccc2o1.c1cc[nH]c1. The van der Waals surface area contributed by atoms with Crippen LogP contribution in [0.5, 0.6) is 0 Å². The van der Waals surface area contributed by atoms with E-state index in [1.165, 1.54) is 0 Å². The van der Waals surface area contributed by atoms with Crippen LogP contribution in [0.25, 0.3) is 11.1 Å². The molecule has 3 nitrogen and oxygen atoms in total. The van der Waals surface area contributed by atoms with Crippen molar-refractivity contribution in [3.05, 3.63) is 53.6 Å². The highest BCUT2D eigenvalue weighted by Gasteiger charge is 1.93. The summed E-state index contributed by atoms with van der Waals surface area (Å²) in [5.74, 6) is 0. The first-order valence-corrected chi connectivity index (χ1v) is 4.93. The van der Waals surface area contributed by atoms with Gasteiger partial charge in [0.05, 0.1) is 5.52 Å². The molecule has 1 aromatic carbocycles. The van der Waals surface area contributed by atoms with Crippen molar-refractivity contribution >= 4 is 23.3 Å². The molecule has 0 bridgehead atoms. The van der Waals surface area contributed by atoms with Crippen molar-refractivity contribution in [2.45, 2.75) is 0 Å². The van der Waals surface area contributed by atoms with Gasteiger partial charge in [-0.05, 0) is 36.5 Å². The number of aromatic nitrogens is 2. The maximum atomic E-state index is 5.13. The first-order chi connectivity index (χ1) is 7.36. The topological polar surface area (TPSA) is 44.7 Å². The van der Waals surface area contributed by atoms with Crippen LogP contribution in [0.3, 0.4) is 0 Å². The summed E-state index contributed by atoms with van der Waals surface area (Å²) in [5.41, 5.74) is 1.76. The second kappa shape index (κ2) is 4.61. The van der Waals surface area contributed by atoms with E-state index in [1.54, 1.807) is 0 Å². The highest BCUT2D eigenvalue weighted by molar-refractivity contribution is 7.71. The number of nitrogens with one attached hydrogen (secondary N) is 2. The second-order valence-corrected chi connectivity index (χ2v) is 3.27. The van der Waals surface area contributed by atoms with E-state index in [0.29, 0.717) is 4.84 Å². The van der Waals surface area contributed by atoms with Gasteiger partial charge in [0.2, 0.25) is 0 Å². The standard InChI is InChI=1S/C7H5NOS.C4H5N/c10-7-8-5-3-1-2-4-6(5)9-7;1-2-4-5-3-1/h1-4H,(H,8,10);1-5H. The molecule has 0 amide bonds. The van der Waals surface area contributed by atoms with Gasteiger partial charge >= 0.3 is 0 Å². The van der Waals surface area contributed by atoms with Gasteiger partial charge in [-0.15, -0.1) is 0 Å². The molecular formula is C11H10N2OS. The van der Waals surface area contributed by atoms with Gasteiger partial charge in [0.1, 0.15) is 0 Å². The summed E-state index contributed by atoms with van der Waals surface area (Å²) in [6.07, 6.45) is 3.75. The van der Waals surface area contributed by atoms with Crippen LogP contribution in [-0.2, 0) is 0 Å². The molecule has 0 fully saturated rings. The van der Waals surface area contributed by atoms with Gasteiger partial charge in [0, 0.05) is 12.4 Å². The molecule has 2 heterocycles. The minimum atomic E-state index is 0.432. The van der Waals surface area contributed by atoms with Crippen LogP contribution in [0.1, 0.15) is 0 Å². The van der Waals surface area contributed by atoms with Gasteiger partial charge in [0.15, 0.2) is 5.58 Å². The van der Waals surface area contributed by atoms with Crippen molar-refractivity contribution in [2.24, 2.45) is 0 Å².